The van der Waals surface area contributed by atoms with Crippen molar-refractivity contribution in [3.8, 4) is 11.1 Å². The van der Waals surface area contributed by atoms with E-state index in [9.17, 15) is 4.39 Å². The van der Waals surface area contributed by atoms with E-state index in [1.807, 2.05) is 24.3 Å². The van der Waals surface area contributed by atoms with Crippen molar-refractivity contribution in [3.05, 3.63) is 58.4 Å². The van der Waals surface area contributed by atoms with Crippen molar-refractivity contribution in [2.75, 3.05) is 6.54 Å². The summed E-state index contributed by atoms with van der Waals surface area (Å²) in [6.07, 6.45) is 1.09. The van der Waals surface area contributed by atoms with Crippen LogP contribution >= 0.6 is 11.6 Å². The van der Waals surface area contributed by atoms with Crippen LogP contribution in [0.15, 0.2) is 36.4 Å². The maximum Gasteiger partial charge on any atom is 0.126 e. The SMILES string of the molecule is CCCNC(C)c1ccc(-c2ccc(C)c(F)c2)cc1Cl. The number of hydrogen-bond donors (Lipinski definition) is 1. The molecule has 0 fully saturated rings. The quantitative estimate of drug-likeness (QED) is 0.767. The molecule has 0 saturated carbocycles. The van der Waals surface area contributed by atoms with Gasteiger partial charge in [-0.15, -0.1) is 0 Å². The molecule has 2 rings (SSSR count). The van der Waals surface area contributed by atoms with Crippen LogP contribution in [-0.4, -0.2) is 6.54 Å². The van der Waals surface area contributed by atoms with Crippen molar-refractivity contribution in [2.24, 2.45) is 0 Å². The highest BCUT2D eigenvalue weighted by atomic mass is 35.5. The Bertz CT molecular complexity index is 625. The average Bonchev–Trinajstić information content (AvgIpc) is 2.47. The maximum atomic E-state index is 13.7. The minimum atomic E-state index is -0.189. The average molecular weight is 306 g/mol. The molecule has 21 heavy (non-hydrogen) atoms. The predicted octanol–water partition coefficient (Wildman–Crippen LogP) is 5.52. The molecular formula is C18H21ClFN. The van der Waals surface area contributed by atoms with Crippen molar-refractivity contribution < 1.29 is 4.39 Å². The van der Waals surface area contributed by atoms with Crippen molar-refractivity contribution >= 4 is 11.6 Å². The van der Waals surface area contributed by atoms with Gasteiger partial charge >= 0.3 is 0 Å². The molecule has 0 radical (unpaired) electrons. The molecule has 1 atom stereocenters. The first-order valence-electron chi connectivity index (χ1n) is 7.32. The highest BCUT2D eigenvalue weighted by Crippen LogP contribution is 2.29. The number of benzene rings is 2. The van der Waals surface area contributed by atoms with Crippen molar-refractivity contribution in [3.63, 3.8) is 0 Å². The van der Waals surface area contributed by atoms with Crippen LogP contribution in [0.4, 0.5) is 4.39 Å². The van der Waals surface area contributed by atoms with Crippen LogP contribution in [0.3, 0.4) is 0 Å². The van der Waals surface area contributed by atoms with Crippen LogP contribution in [0.1, 0.15) is 37.4 Å². The van der Waals surface area contributed by atoms with Gasteiger partial charge < -0.3 is 5.32 Å². The van der Waals surface area contributed by atoms with Crippen LogP contribution < -0.4 is 5.32 Å². The molecular weight excluding hydrogens is 285 g/mol. The van der Waals surface area contributed by atoms with Gasteiger partial charge in [0.2, 0.25) is 0 Å². The summed E-state index contributed by atoms with van der Waals surface area (Å²) in [5.41, 5.74) is 3.51. The minimum absolute atomic E-state index is 0.189. The summed E-state index contributed by atoms with van der Waals surface area (Å²) in [6, 6.07) is 11.4. The number of halogens is 2. The summed E-state index contributed by atoms with van der Waals surface area (Å²) in [6.45, 7) is 6.96. The predicted molar refractivity (Wildman–Crippen MR) is 88.3 cm³/mol. The summed E-state index contributed by atoms with van der Waals surface area (Å²) >= 11 is 6.39. The van der Waals surface area contributed by atoms with Gasteiger partial charge in [-0.05, 0) is 61.2 Å². The third-order valence-electron chi connectivity index (χ3n) is 3.67. The van der Waals surface area contributed by atoms with Gasteiger partial charge in [0.15, 0.2) is 0 Å². The van der Waals surface area contributed by atoms with Gasteiger partial charge in [-0.1, -0.05) is 42.8 Å². The van der Waals surface area contributed by atoms with E-state index in [2.05, 4.69) is 19.2 Å². The molecule has 0 spiro atoms. The van der Waals surface area contributed by atoms with Crippen molar-refractivity contribution in [1.82, 2.24) is 5.32 Å². The molecule has 0 aliphatic heterocycles. The Balaban J connectivity index is 2.27. The van der Waals surface area contributed by atoms with Crippen molar-refractivity contribution in [2.45, 2.75) is 33.2 Å². The van der Waals surface area contributed by atoms with Gasteiger partial charge in [-0.25, -0.2) is 4.39 Å². The fourth-order valence-electron chi connectivity index (χ4n) is 2.30. The molecule has 2 aromatic carbocycles. The summed E-state index contributed by atoms with van der Waals surface area (Å²) < 4.78 is 13.7. The van der Waals surface area contributed by atoms with E-state index >= 15 is 0 Å². The Morgan fingerprint density at radius 1 is 1.14 bits per heavy atom. The normalized spacial score (nSPS) is 12.4. The third kappa shape index (κ3) is 3.84. The van der Waals surface area contributed by atoms with E-state index in [1.54, 1.807) is 19.1 Å². The van der Waals surface area contributed by atoms with Crippen LogP contribution in [0.2, 0.25) is 5.02 Å². The monoisotopic (exact) mass is 305 g/mol. The van der Waals surface area contributed by atoms with E-state index in [-0.39, 0.29) is 11.9 Å². The number of nitrogens with one attached hydrogen (secondary N) is 1. The second-order valence-corrected chi connectivity index (χ2v) is 5.78. The third-order valence-corrected chi connectivity index (χ3v) is 4.00. The summed E-state index contributed by atoms with van der Waals surface area (Å²) in [5, 5.41) is 4.13. The number of hydrogen-bond acceptors (Lipinski definition) is 1. The molecule has 0 aliphatic carbocycles. The van der Waals surface area contributed by atoms with E-state index in [0.29, 0.717) is 10.6 Å². The Labute approximate surface area is 131 Å². The zero-order valence-electron chi connectivity index (χ0n) is 12.7. The first-order chi connectivity index (χ1) is 10.0. The Morgan fingerprint density at radius 3 is 2.43 bits per heavy atom. The van der Waals surface area contributed by atoms with Gasteiger partial charge in [0.05, 0.1) is 0 Å². The largest absolute Gasteiger partial charge is 0.310 e. The zero-order chi connectivity index (χ0) is 15.4. The lowest BCUT2D eigenvalue weighted by Gasteiger charge is -2.16. The van der Waals surface area contributed by atoms with E-state index < -0.39 is 0 Å². The van der Waals surface area contributed by atoms with Crippen LogP contribution in [0.25, 0.3) is 11.1 Å². The van der Waals surface area contributed by atoms with Gasteiger partial charge in [0.1, 0.15) is 5.82 Å². The molecule has 1 nitrogen and oxygen atoms in total. The zero-order valence-corrected chi connectivity index (χ0v) is 13.5. The maximum absolute atomic E-state index is 13.7. The minimum Gasteiger partial charge on any atom is -0.310 e. The van der Waals surface area contributed by atoms with Gasteiger partial charge in [0, 0.05) is 11.1 Å². The second kappa shape index (κ2) is 7.06. The Hall–Kier alpha value is -1.38. The molecule has 0 amide bonds. The lowest BCUT2D eigenvalue weighted by Crippen LogP contribution is -2.19. The first kappa shape index (κ1) is 16.0. The number of rotatable bonds is 5. The van der Waals surface area contributed by atoms with Gasteiger partial charge in [0.25, 0.3) is 0 Å². The Kier molecular flexibility index (Phi) is 5.38. The van der Waals surface area contributed by atoms with Crippen LogP contribution in [0.5, 0.6) is 0 Å². The van der Waals surface area contributed by atoms with Gasteiger partial charge in [-0.2, -0.15) is 0 Å². The molecule has 0 heterocycles. The first-order valence-corrected chi connectivity index (χ1v) is 7.70. The van der Waals surface area contributed by atoms with E-state index in [0.717, 1.165) is 29.7 Å². The molecule has 0 aliphatic rings. The molecule has 1 unspecified atom stereocenters. The summed E-state index contributed by atoms with van der Waals surface area (Å²) in [5.74, 6) is -0.189. The smallest absolute Gasteiger partial charge is 0.126 e. The van der Waals surface area contributed by atoms with E-state index in [4.69, 9.17) is 11.6 Å². The summed E-state index contributed by atoms with van der Waals surface area (Å²) in [4.78, 5) is 0. The Morgan fingerprint density at radius 2 is 1.81 bits per heavy atom. The molecule has 2 aromatic rings. The molecule has 112 valence electrons. The molecule has 0 saturated heterocycles. The van der Waals surface area contributed by atoms with Gasteiger partial charge in [-0.3, -0.25) is 0 Å². The van der Waals surface area contributed by atoms with Crippen molar-refractivity contribution in [1.29, 1.82) is 0 Å². The molecule has 0 bridgehead atoms. The molecule has 1 N–H and O–H groups in total. The lowest BCUT2D eigenvalue weighted by atomic mass is 10.00. The fourth-order valence-corrected chi connectivity index (χ4v) is 2.65. The topological polar surface area (TPSA) is 12.0 Å². The molecule has 3 heteroatoms. The number of aryl methyl sites for hydroxylation is 1. The molecule has 0 aromatic heterocycles. The van der Waals surface area contributed by atoms with Crippen LogP contribution in [-0.2, 0) is 0 Å². The van der Waals surface area contributed by atoms with E-state index in [1.165, 1.54) is 0 Å². The standard InChI is InChI=1S/C18H21ClFN/c1-4-9-21-13(3)16-8-7-14(10-17(16)19)15-6-5-12(2)18(20)11-15/h5-8,10-11,13,21H,4,9H2,1-3H3. The summed E-state index contributed by atoms with van der Waals surface area (Å²) in [7, 11) is 0. The second-order valence-electron chi connectivity index (χ2n) is 5.38. The fraction of sp³-hybridized carbons (Fsp3) is 0.333. The van der Waals surface area contributed by atoms with Crippen LogP contribution in [0, 0.1) is 12.7 Å². The lowest BCUT2D eigenvalue weighted by molar-refractivity contribution is 0.571. The highest BCUT2D eigenvalue weighted by Gasteiger charge is 2.10. The highest BCUT2D eigenvalue weighted by molar-refractivity contribution is 6.31.